The Kier molecular flexibility index (Phi) is 4.79. The van der Waals surface area contributed by atoms with Crippen LogP contribution in [0.5, 0.6) is 17.2 Å². The second-order valence-corrected chi connectivity index (χ2v) is 7.46. The van der Waals surface area contributed by atoms with Crippen molar-refractivity contribution in [2.24, 2.45) is 0 Å². The second-order valence-electron chi connectivity index (χ2n) is 7.46. The average Bonchev–Trinajstić information content (AvgIpc) is 3.08. The van der Waals surface area contributed by atoms with Crippen LogP contribution in [0, 0.1) is 5.82 Å². The van der Waals surface area contributed by atoms with Crippen molar-refractivity contribution in [3.05, 3.63) is 107 Å². The first-order valence-electron chi connectivity index (χ1n) is 10.00. The molecule has 0 amide bonds. The van der Waals surface area contributed by atoms with Crippen LogP contribution in [0.25, 0.3) is 6.08 Å². The van der Waals surface area contributed by atoms with Gasteiger partial charge >= 0.3 is 0 Å². The molecule has 0 spiro atoms. The molecule has 5 rings (SSSR count). The van der Waals surface area contributed by atoms with E-state index in [0.717, 1.165) is 22.4 Å². The molecule has 2 aliphatic heterocycles. The van der Waals surface area contributed by atoms with Gasteiger partial charge in [0.2, 0.25) is 5.78 Å². The van der Waals surface area contributed by atoms with Gasteiger partial charge in [0.15, 0.2) is 5.76 Å². The first kappa shape index (κ1) is 19.1. The van der Waals surface area contributed by atoms with E-state index in [4.69, 9.17) is 14.2 Å². The van der Waals surface area contributed by atoms with Gasteiger partial charge in [0.1, 0.15) is 35.8 Å². The molecule has 5 heteroatoms. The lowest BCUT2D eigenvalue weighted by Gasteiger charge is -2.22. The predicted molar refractivity (Wildman–Crippen MR) is 115 cm³/mol. The van der Waals surface area contributed by atoms with Gasteiger partial charge in [-0.25, -0.2) is 4.39 Å². The zero-order chi connectivity index (χ0) is 21.4. The van der Waals surface area contributed by atoms with E-state index in [1.54, 1.807) is 36.4 Å². The largest absolute Gasteiger partial charge is 0.489 e. The van der Waals surface area contributed by atoms with Gasteiger partial charge in [0, 0.05) is 11.6 Å². The summed E-state index contributed by atoms with van der Waals surface area (Å²) >= 11 is 0. The molecule has 0 bridgehead atoms. The van der Waals surface area contributed by atoms with Crippen LogP contribution in [-0.2, 0) is 6.61 Å². The zero-order valence-corrected chi connectivity index (χ0v) is 16.8. The Morgan fingerprint density at radius 1 is 1.03 bits per heavy atom. The fraction of sp³-hybridized carbons (Fsp3) is 0.115. The normalized spacial score (nSPS) is 18.0. The SMILES string of the molecule is C[C@H]1Oc2ccccc2C=C1C=C1Oc2cc(OCc3ccc(F)cc3)ccc2C1=O. The third-order valence-electron chi connectivity index (χ3n) is 5.27. The van der Waals surface area contributed by atoms with Gasteiger partial charge in [-0.1, -0.05) is 30.3 Å². The maximum Gasteiger partial charge on any atom is 0.231 e. The predicted octanol–water partition coefficient (Wildman–Crippen LogP) is 5.73. The molecule has 2 aliphatic rings. The molecule has 3 aromatic carbocycles. The summed E-state index contributed by atoms with van der Waals surface area (Å²) in [5.74, 6) is 1.64. The molecule has 2 heterocycles. The van der Waals surface area contributed by atoms with Gasteiger partial charge in [-0.2, -0.15) is 0 Å². The number of hydrogen-bond donors (Lipinski definition) is 0. The Morgan fingerprint density at radius 2 is 1.84 bits per heavy atom. The number of hydrogen-bond acceptors (Lipinski definition) is 4. The van der Waals surface area contributed by atoms with Crippen molar-refractivity contribution in [2.75, 3.05) is 0 Å². The Bertz CT molecular complexity index is 1220. The monoisotopic (exact) mass is 414 g/mol. The molecule has 0 aliphatic carbocycles. The van der Waals surface area contributed by atoms with E-state index >= 15 is 0 Å². The third kappa shape index (κ3) is 3.82. The van der Waals surface area contributed by atoms with E-state index in [-0.39, 0.29) is 30.1 Å². The molecule has 0 saturated carbocycles. The van der Waals surface area contributed by atoms with Crippen molar-refractivity contribution >= 4 is 11.9 Å². The second kappa shape index (κ2) is 7.76. The highest BCUT2D eigenvalue weighted by Crippen LogP contribution is 2.36. The quantitative estimate of drug-likeness (QED) is 0.512. The third-order valence-corrected chi connectivity index (χ3v) is 5.27. The number of para-hydroxylation sites is 1. The molecule has 1 atom stereocenters. The summed E-state index contributed by atoms with van der Waals surface area (Å²) < 4.78 is 30.6. The Morgan fingerprint density at radius 3 is 2.68 bits per heavy atom. The number of ketones is 1. The van der Waals surface area contributed by atoms with Crippen molar-refractivity contribution in [3.63, 3.8) is 0 Å². The summed E-state index contributed by atoms with van der Waals surface area (Å²) in [6.07, 6.45) is 3.55. The number of ether oxygens (including phenoxy) is 3. The highest BCUT2D eigenvalue weighted by Gasteiger charge is 2.29. The summed E-state index contributed by atoms with van der Waals surface area (Å²) in [6, 6.07) is 19.0. The number of Topliss-reactive ketones (excluding diaryl/α,β-unsaturated/α-hetero) is 1. The molecular weight excluding hydrogens is 395 g/mol. The molecule has 4 nitrogen and oxygen atoms in total. The summed E-state index contributed by atoms with van der Waals surface area (Å²) in [6.45, 7) is 2.23. The highest BCUT2D eigenvalue weighted by atomic mass is 19.1. The van der Waals surface area contributed by atoms with Crippen LogP contribution < -0.4 is 14.2 Å². The van der Waals surface area contributed by atoms with Crippen molar-refractivity contribution in [2.45, 2.75) is 19.6 Å². The van der Waals surface area contributed by atoms with Crippen molar-refractivity contribution in [3.8, 4) is 17.2 Å². The summed E-state index contributed by atoms with van der Waals surface area (Å²) in [5.41, 5.74) is 3.17. The fourth-order valence-corrected chi connectivity index (χ4v) is 3.58. The van der Waals surface area contributed by atoms with Gasteiger partial charge in [0.05, 0.1) is 5.56 Å². The van der Waals surface area contributed by atoms with E-state index in [1.807, 2.05) is 37.3 Å². The van der Waals surface area contributed by atoms with E-state index in [0.29, 0.717) is 17.1 Å². The minimum Gasteiger partial charge on any atom is -0.489 e. The summed E-state index contributed by atoms with van der Waals surface area (Å²) in [4.78, 5) is 12.8. The molecular formula is C26H19FO4. The van der Waals surface area contributed by atoms with Crippen molar-refractivity contribution < 1.29 is 23.4 Å². The van der Waals surface area contributed by atoms with E-state index in [1.165, 1.54) is 12.1 Å². The molecule has 0 unspecified atom stereocenters. The molecule has 0 N–H and O–H groups in total. The summed E-state index contributed by atoms with van der Waals surface area (Å²) in [5, 5.41) is 0. The van der Waals surface area contributed by atoms with Crippen LogP contribution in [0.2, 0.25) is 0 Å². The first-order chi connectivity index (χ1) is 15.1. The number of allylic oxidation sites excluding steroid dienone is 1. The molecule has 0 radical (unpaired) electrons. The van der Waals surface area contributed by atoms with Crippen LogP contribution in [0.3, 0.4) is 0 Å². The molecule has 154 valence electrons. The van der Waals surface area contributed by atoms with E-state index < -0.39 is 0 Å². The minimum atomic E-state index is -0.288. The van der Waals surface area contributed by atoms with Gasteiger partial charge in [-0.05, 0) is 60.5 Å². The number of rotatable bonds is 4. The van der Waals surface area contributed by atoms with Crippen LogP contribution >= 0.6 is 0 Å². The first-order valence-corrected chi connectivity index (χ1v) is 10.00. The smallest absolute Gasteiger partial charge is 0.231 e. The number of carbonyl (C=O) groups is 1. The van der Waals surface area contributed by atoms with Gasteiger partial charge < -0.3 is 14.2 Å². The number of benzene rings is 3. The maximum atomic E-state index is 13.0. The molecule has 0 saturated heterocycles. The number of halogens is 1. The van der Waals surface area contributed by atoms with Gasteiger partial charge in [0.25, 0.3) is 0 Å². The average molecular weight is 414 g/mol. The van der Waals surface area contributed by atoms with Crippen molar-refractivity contribution in [1.82, 2.24) is 0 Å². The zero-order valence-electron chi connectivity index (χ0n) is 16.8. The summed E-state index contributed by atoms with van der Waals surface area (Å²) in [7, 11) is 0. The minimum absolute atomic E-state index is 0.174. The van der Waals surface area contributed by atoms with E-state index in [2.05, 4.69) is 0 Å². The van der Waals surface area contributed by atoms with Crippen LogP contribution in [0.15, 0.2) is 84.1 Å². The van der Waals surface area contributed by atoms with Crippen molar-refractivity contribution in [1.29, 1.82) is 0 Å². The number of fused-ring (bicyclic) bond motifs is 2. The Balaban J connectivity index is 1.35. The molecule has 31 heavy (non-hydrogen) atoms. The molecule has 0 aromatic heterocycles. The van der Waals surface area contributed by atoms with Gasteiger partial charge in [-0.15, -0.1) is 0 Å². The van der Waals surface area contributed by atoms with Crippen LogP contribution in [-0.4, -0.2) is 11.9 Å². The number of carbonyl (C=O) groups excluding carboxylic acids is 1. The van der Waals surface area contributed by atoms with Crippen LogP contribution in [0.1, 0.15) is 28.4 Å². The van der Waals surface area contributed by atoms with Crippen LogP contribution in [0.4, 0.5) is 4.39 Å². The molecule has 0 fully saturated rings. The molecule has 3 aromatic rings. The van der Waals surface area contributed by atoms with Gasteiger partial charge in [-0.3, -0.25) is 4.79 Å². The lowest BCUT2D eigenvalue weighted by atomic mass is 10.0. The Labute approximate surface area is 179 Å². The standard InChI is InChI=1S/C26H19FO4/c1-16-19(12-18-4-2-3-5-23(18)30-16)13-25-26(28)22-11-10-21(14-24(22)31-25)29-15-17-6-8-20(27)9-7-17/h2-14,16H,15H2,1H3/t16-/m1/s1. The highest BCUT2D eigenvalue weighted by molar-refractivity contribution is 6.12. The lowest BCUT2D eigenvalue weighted by Crippen LogP contribution is -2.18. The lowest BCUT2D eigenvalue weighted by molar-refractivity contribution is 0.101. The fourth-order valence-electron chi connectivity index (χ4n) is 3.58. The van der Waals surface area contributed by atoms with E-state index in [9.17, 15) is 9.18 Å². The topological polar surface area (TPSA) is 44.8 Å². The maximum absolute atomic E-state index is 13.0. The Hall–Kier alpha value is -3.86.